The number of hydrogen-bond donors (Lipinski definition) is 0. The van der Waals surface area contributed by atoms with Gasteiger partial charge >= 0.3 is 11.9 Å². The predicted octanol–water partition coefficient (Wildman–Crippen LogP) is 4.34. The van der Waals surface area contributed by atoms with Crippen LogP contribution in [0.5, 0.6) is 0 Å². The fourth-order valence-electron chi connectivity index (χ4n) is 6.21. The summed E-state index contributed by atoms with van der Waals surface area (Å²) in [6.07, 6.45) is 4.12. The summed E-state index contributed by atoms with van der Waals surface area (Å²) in [7, 11) is 0. The van der Waals surface area contributed by atoms with Gasteiger partial charge in [0.25, 0.3) is 0 Å². The van der Waals surface area contributed by atoms with Crippen molar-refractivity contribution in [3.63, 3.8) is 0 Å². The third-order valence-corrected chi connectivity index (χ3v) is 8.00. The number of allylic oxidation sites excluding steroid dienone is 2. The molecule has 30 heavy (non-hydrogen) atoms. The normalized spacial score (nSPS) is 40.1. The summed E-state index contributed by atoms with van der Waals surface area (Å²) in [5, 5.41) is 0. The van der Waals surface area contributed by atoms with Crippen LogP contribution in [0.1, 0.15) is 66.2 Å². The molecule has 2 aliphatic carbocycles. The van der Waals surface area contributed by atoms with Crippen LogP contribution in [0.3, 0.4) is 0 Å². The van der Waals surface area contributed by atoms with Gasteiger partial charge in [-0.15, -0.1) is 0 Å². The molecule has 0 unspecified atom stereocenters. The van der Waals surface area contributed by atoms with E-state index >= 15 is 0 Å². The highest BCUT2D eigenvalue weighted by atomic mass is 16.8. The Hall–Kier alpha value is -1.95. The van der Waals surface area contributed by atoms with E-state index in [1.807, 2.05) is 0 Å². The first-order chi connectivity index (χ1) is 14.0. The summed E-state index contributed by atoms with van der Waals surface area (Å²) in [5.74, 6) is -0.736. The molecule has 0 N–H and O–H groups in total. The maximum absolute atomic E-state index is 12.9. The first kappa shape index (κ1) is 22.7. The van der Waals surface area contributed by atoms with E-state index in [1.165, 1.54) is 13.8 Å². The van der Waals surface area contributed by atoms with Crippen molar-refractivity contribution in [1.29, 1.82) is 0 Å². The maximum atomic E-state index is 12.9. The number of carbonyl (C=O) groups is 3. The summed E-state index contributed by atoms with van der Waals surface area (Å²) < 4.78 is 17.2. The lowest BCUT2D eigenvalue weighted by atomic mass is 9.44. The molecule has 0 bridgehead atoms. The lowest BCUT2D eigenvalue weighted by molar-refractivity contribution is -0.234. The van der Waals surface area contributed by atoms with Crippen molar-refractivity contribution in [1.82, 2.24) is 0 Å². The summed E-state index contributed by atoms with van der Waals surface area (Å²) in [6.45, 7) is 15.0. The summed E-state index contributed by atoms with van der Waals surface area (Å²) in [6, 6.07) is 0. The van der Waals surface area contributed by atoms with Crippen LogP contribution in [0, 0.1) is 28.6 Å². The Balaban J connectivity index is 2.06. The van der Waals surface area contributed by atoms with Gasteiger partial charge in [0, 0.05) is 38.0 Å². The molecule has 0 radical (unpaired) electrons. The van der Waals surface area contributed by atoms with Gasteiger partial charge in [0.05, 0.1) is 0 Å². The van der Waals surface area contributed by atoms with Gasteiger partial charge in [0.1, 0.15) is 5.78 Å². The number of ketones is 1. The molecule has 1 aliphatic heterocycles. The highest BCUT2D eigenvalue weighted by Gasteiger charge is 2.70. The van der Waals surface area contributed by atoms with Gasteiger partial charge in [-0.3, -0.25) is 14.4 Å². The van der Waals surface area contributed by atoms with Crippen molar-refractivity contribution in [3.05, 3.63) is 24.8 Å². The minimum absolute atomic E-state index is 0.0393. The van der Waals surface area contributed by atoms with Crippen LogP contribution in [-0.2, 0) is 28.6 Å². The van der Waals surface area contributed by atoms with Crippen LogP contribution >= 0.6 is 0 Å². The average Bonchev–Trinajstić information content (AvgIpc) is 2.94. The van der Waals surface area contributed by atoms with Gasteiger partial charge in [-0.05, 0) is 42.9 Å². The molecule has 0 aromatic carbocycles. The van der Waals surface area contributed by atoms with Gasteiger partial charge in [-0.25, -0.2) is 0 Å². The molecular weight excluding hydrogens is 384 g/mol. The predicted molar refractivity (Wildman–Crippen MR) is 111 cm³/mol. The number of carbonyl (C=O) groups excluding carboxylic acids is 3. The van der Waals surface area contributed by atoms with Crippen molar-refractivity contribution >= 4 is 17.7 Å². The summed E-state index contributed by atoms with van der Waals surface area (Å²) in [4.78, 5) is 36.5. The zero-order valence-corrected chi connectivity index (χ0v) is 18.6. The van der Waals surface area contributed by atoms with E-state index in [0.717, 1.165) is 31.3 Å². The van der Waals surface area contributed by atoms with Crippen LogP contribution in [0.2, 0.25) is 0 Å². The minimum atomic E-state index is -0.876. The van der Waals surface area contributed by atoms with Crippen LogP contribution < -0.4 is 0 Å². The Morgan fingerprint density at radius 1 is 1.23 bits per heavy atom. The fourth-order valence-corrected chi connectivity index (χ4v) is 6.21. The standard InChI is InChI=1S/C24H34O6/c1-7-14(2)8-10-23(6)15(3)9-11-24-19(12-18(27)13-20(23)24)21(28-16(4)25)30-22(24)29-17(5)26/h7,15,19-22H,1-2,8-13H2,3-6H3/t15-,19+,20+,21+,22-,23-,24-/m1/s1. The fraction of sp³-hybridized carbons (Fsp3) is 0.708. The SMILES string of the molecule is C=CC(=C)CC[C@]1(C)[C@H](C)CC[C@@]23[C@H](OC(C)=O)O[C@H](OC(C)=O)[C@@H]2CC(=O)C[C@@H]13. The van der Waals surface area contributed by atoms with Crippen LogP contribution in [0.15, 0.2) is 24.8 Å². The Morgan fingerprint density at radius 3 is 2.50 bits per heavy atom. The van der Waals surface area contributed by atoms with Crippen LogP contribution in [0.25, 0.3) is 0 Å². The van der Waals surface area contributed by atoms with E-state index < -0.39 is 29.9 Å². The number of rotatable bonds is 6. The van der Waals surface area contributed by atoms with Gasteiger partial charge in [-0.2, -0.15) is 0 Å². The number of hydrogen-bond acceptors (Lipinski definition) is 6. The molecule has 7 atom stereocenters. The summed E-state index contributed by atoms with van der Waals surface area (Å²) in [5.41, 5.74) is 0.251. The van der Waals surface area contributed by atoms with E-state index in [0.29, 0.717) is 12.3 Å². The Bertz CT molecular complexity index is 757. The van der Waals surface area contributed by atoms with Crippen molar-refractivity contribution in [3.8, 4) is 0 Å². The van der Waals surface area contributed by atoms with Gasteiger partial charge in [0.15, 0.2) is 0 Å². The van der Waals surface area contributed by atoms with Gasteiger partial charge in [0.2, 0.25) is 12.6 Å². The molecule has 1 saturated heterocycles. The number of Topliss-reactive ketones (excluding diaryl/α,β-unsaturated/α-hetero) is 1. The second-order valence-electron chi connectivity index (χ2n) is 9.58. The quantitative estimate of drug-likeness (QED) is 0.472. The lowest BCUT2D eigenvalue weighted by Gasteiger charge is -2.59. The molecule has 0 amide bonds. The largest absolute Gasteiger partial charge is 0.435 e. The maximum Gasteiger partial charge on any atom is 0.304 e. The van der Waals surface area contributed by atoms with Crippen LogP contribution in [0.4, 0.5) is 0 Å². The highest BCUT2D eigenvalue weighted by molar-refractivity contribution is 5.80. The van der Waals surface area contributed by atoms with Crippen molar-refractivity contribution in [2.75, 3.05) is 0 Å². The van der Waals surface area contributed by atoms with E-state index in [1.54, 1.807) is 6.08 Å². The number of ether oxygens (including phenoxy) is 3. The third-order valence-electron chi connectivity index (χ3n) is 8.00. The van der Waals surface area contributed by atoms with Gasteiger partial charge < -0.3 is 14.2 Å². The first-order valence-corrected chi connectivity index (χ1v) is 10.9. The van der Waals surface area contributed by atoms with E-state index in [4.69, 9.17) is 14.2 Å². The second-order valence-corrected chi connectivity index (χ2v) is 9.58. The molecular formula is C24H34O6. The smallest absolute Gasteiger partial charge is 0.304 e. The molecule has 1 spiro atoms. The van der Waals surface area contributed by atoms with Crippen LogP contribution in [-0.4, -0.2) is 30.3 Å². The molecule has 6 heteroatoms. The second kappa shape index (κ2) is 8.29. The van der Waals surface area contributed by atoms with E-state index in [-0.39, 0.29) is 29.5 Å². The Kier molecular flexibility index (Phi) is 6.28. The zero-order valence-electron chi connectivity index (χ0n) is 18.6. The molecule has 0 aromatic heterocycles. The van der Waals surface area contributed by atoms with Crippen molar-refractivity contribution in [2.45, 2.75) is 78.8 Å². The molecule has 3 rings (SSSR count). The van der Waals surface area contributed by atoms with Crippen molar-refractivity contribution in [2.24, 2.45) is 28.6 Å². The molecule has 166 valence electrons. The van der Waals surface area contributed by atoms with E-state index in [2.05, 4.69) is 27.0 Å². The summed E-state index contributed by atoms with van der Waals surface area (Å²) >= 11 is 0. The molecule has 0 aromatic rings. The van der Waals surface area contributed by atoms with E-state index in [9.17, 15) is 14.4 Å². The lowest BCUT2D eigenvalue weighted by Crippen LogP contribution is -2.59. The molecule has 6 nitrogen and oxygen atoms in total. The monoisotopic (exact) mass is 418 g/mol. The van der Waals surface area contributed by atoms with Gasteiger partial charge in [-0.1, -0.05) is 38.7 Å². The molecule has 3 fully saturated rings. The third kappa shape index (κ3) is 3.75. The Morgan fingerprint density at radius 2 is 1.90 bits per heavy atom. The first-order valence-electron chi connectivity index (χ1n) is 10.9. The van der Waals surface area contributed by atoms with Crippen molar-refractivity contribution < 1.29 is 28.6 Å². The molecule has 1 heterocycles. The highest BCUT2D eigenvalue weighted by Crippen LogP contribution is 2.68. The molecule has 3 aliphatic rings. The number of esters is 2. The topological polar surface area (TPSA) is 78.9 Å². The molecule has 2 saturated carbocycles. The Labute approximate surface area is 179 Å². The minimum Gasteiger partial charge on any atom is -0.435 e. The zero-order chi connectivity index (χ0) is 22.3. The average molecular weight is 419 g/mol.